The first kappa shape index (κ1) is 22.1. The summed E-state index contributed by atoms with van der Waals surface area (Å²) in [6.07, 6.45) is -6.76. The van der Waals surface area contributed by atoms with Gasteiger partial charge in [-0.25, -0.2) is 4.79 Å². The van der Waals surface area contributed by atoms with Crippen molar-refractivity contribution < 1.29 is 35.1 Å². The smallest absolute Gasteiger partial charge is 0.316 e. The molecule has 0 spiro atoms. The number of primary amides is 1. The Balaban J connectivity index is 2.07. The summed E-state index contributed by atoms with van der Waals surface area (Å²) in [6, 6.07) is 6.24. The molecular formula is C18H24N2O7S. The molecule has 0 radical (unpaired) electrons. The zero-order valence-electron chi connectivity index (χ0n) is 15.1. The highest BCUT2D eigenvalue weighted by atomic mass is 32.1. The molecule has 9 nitrogen and oxygen atoms in total. The molecule has 2 aromatic rings. The van der Waals surface area contributed by atoms with Crippen LogP contribution in [0.1, 0.15) is 12.0 Å². The topological polar surface area (TPSA) is 166 Å². The van der Waals surface area contributed by atoms with Gasteiger partial charge in [-0.2, -0.15) is 0 Å². The quantitative estimate of drug-likeness (QED) is 0.292. The molecule has 4 unspecified atom stereocenters. The number of ether oxygens (including phenoxy) is 1. The van der Waals surface area contributed by atoms with Gasteiger partial charge in [0.05, 0.1) is 11.8 Å². The Morgan fingerprint density at radius 3 is 2.54 bits per heavy atom. The number of nitrogens with two attached hydrogens (primary N) is 1. The molecule has 0 aliphatic heterocycles. The van der Waals surface area contributed by atoms with Gasteiger partial charge in [0.1, 0.15) is 18.0 Å². The molecule has 1 aromatic carbocycles. The maximum atomic E-state index is 10.9. The number of thiophene rings is 1. The fourth-order valence-electron chi connectivity index (χ4n) is 2.53. The van der Waals surface area contributed by atoms with E-state index in [0.29, 0.717) is 11.3 Å². The van der Waals surface area contributed by atoms with Crippen LogP contribution in [0, 0.1) is 6.92 Å². The average molecular weight is 412 g/mol. The molecule has 0 saturated carbocycles. The normalized spacial score (nSPS) is 15.5. The molecule has 1 aromatic heterocycles. The molecular weight excluding hydrogens is 388 g/mol. The maximum Gasteiger partial charge on any atom is 0.316 e. The third-order valence-electron chi connectivity index (χ3n) is 4.04. The van der Waals surface area contributed by atoms with E-state index in [4.69, 9.17) is 15.6 Å². The van der Waals surface area contributed by atoms with E-state index < -0.39 is 30.6 Å². The lowest BCUT2D eigenvalue weighted by atomic mass is 10.0. The number of aryl methyl sites for hydroxylation is 1. The highest BCUT2D eigenvalue weighted by molar-refractivity contribution is 7.14. The minimum absolute atomic E-state index is 0.147. The highest BCUT2D eigenvalue weighted by Crippen LogP contribution is 2.33. The molecule has 8 N–H and O–H groups in total. The third-order valence-corrected chi connectivity index (χ3v) is 5.01. The van der Waals surface area contributed by atoms with Gasteiger partial charge in [-0.15, -0.1) is 11.3 Å². The fourth-order valence-corrected chi connectivity index (χ4v) is 3.37. The van der Waals surface area contributed by atoms with Gasteiger partial charge < -0.3 is 41.3 Å². The van der Waals surface area contributed by atoms with Crippen molar-refractivity contribution in [2.75, 3.05) is 11.9 Å². The second kappa shape index (κ2) is 9.82. The molecule has 4 atom stereocenters. The number of urea groups is 1. The van der Waals surface area contributed by atoms with Crippen molar-refractivity contribution in [2.24, 2.45) is 5.73 Å². The van der Waals surface area contributed by atoms with E-state index in [-0.39, 0.29) is 18.8 Å². The number of amides is 2. The Morgan fingerprint density at radius 2 is 1.93 bits per heavy atom. The number of rotatable bonds is 9. The summed E-state index contributed by atoms with van der Waals surface area (Å²) >= 11 is 1.41. The van der Waals surface area contributed by atoms with Gasteiger partial charge in [0.15, 0.2) is 0 Å². The van der Waals surface area contributed by atoms with Crippen LogP contribution in [0.25, 0.3) is 10.4 Å². The number of carbonyl (C=O) groups excluding carboxylic acids is 1. The van der Waals surface area contributed by atoms with Crippen LogP contribution in [0.4, 0.5) is 10.5 Å². The van der Waals surface area contributed by atoms with Gasteiger partial charge in [-0.1, -0.05) is 0 Å². The molecule has 154 valence electrons. The Bertz CT molecular complexity index is 798. The molecule has 2 amide bonds. The van der Waals surface area contributed by atoms with Crippen LogP contribution in [0.2, 0.25) is 0 Å². The van der Waals surface area contributed by atoms with Gasteiger partial charge >= 0.3 is 6.03 Å². The second-order valence-electron chi connectivity index (χ2n) is 6.24. The predicted molar refractivity (Wildman–Crippen MR) is 104 cm³/mol. The van der Waals surface area contributed by atoms with E-state index in [0.717, 1.165) is 10.4 Å². The Kier molecular flexibility index (Phi) is 7.75. The summed E-state index contributed by atoms with van der Waals surface area (Å²) in [4.78, 5) is 11.8. The van der Waals surface area contributed by atoms with Gasteiger partial charge in [-0.05, 0) is 48.7 Å². The fraction of sp³-hybridized carbons (Fsp3) is 0.389. The first-order valence-electron chi connectivity index (χ1n) is 8.48. The Morgan fingerprint density at radius 1 is 1.21 bits per heavy atom. The summed E-state index contributed by atoms with van der Waals surface area (Å²) in [5, 5.41) is 52.4. The average Bonchev–Trinajstić information content (AvgIpc) is 3.09. The van der Waals surface area contributed by atoms with E-state index in [1.807, 2.05) is 0 Å². The standard InChI is InChI=1S/C18H24N2O7S/c1-9-6-10(14-7-11(8-28-14)20-18(19)26)2-3-13(9)27-17(25)16(24)15(23)12(22)4-5-21/h2-3,6-8,12,15-17,21-25H,4-5H2,1H3,(H3,19,20,26). The molecule has 1 heterocycles. The van der Waals surface area contributed by atoms with Gasteiger partial charge in [0.25, 0.3) is 0 Å². The van der Waals surface area contributed by atoms with Crippen LogP contribution in [0.3, 0.4) is 0 Å². The lowest BCUT2D eigenvalue weighted by Gasteiger charge is -2.27. The van der Waals surface area contributed by atoms with E-state index in [1.54, 1.807) is 36.6 Å². The monoisotopic (exact) mass is 412 g/mol. The minimum atomic E-state index is -1.78. The maximum absolute atomic E-state index is 10.9. The van der Waals surface area contributed by atoms with Gasteiger partial charge in [-0.3, -0.25) is 0 Å². The summed E-state index contributed by atoms with van der Waals surface area (Å²) in [5.74, 6) is 0.284. The number of nitrogens with one attached hydrogen (secondary N) is 1. The largest absolute Gasteiger partial charge is 0.462 e. The molecule has 0 saturated heterocycles. The van der Waals surface area contributed by atoms with E-state index in [1.165, 1.54) is 11.3 Å². The molecule has 0 bridgehead atoms. The summed E-state index contributed by atoms with van der Waals surface area (Å²) < 4.78 is 5.31. The van der Waals surface area contributed by atoms with Crippen LogP contribution in [0.5, 0.6) is 5.75 Å². The highest BCUT2D eigenvalue weighted by Gasteiger charge is 2.31. The number of aliphatic hydroxyl groups is 5. The first-order chi connectivity index (χ1) is 13.2. The Labute approximate surface area is 165 Å². The van der Waals surface area contributed by atoms with Crippen molar-refractivity contribution in [1.82, 2.24) is 0 Å². The second-order valence-corrected chi connectivity index (χ2v) is 7.15. The van der Waals surface area contributed by atoms with Crippen molar-refractivity contribution in [3.05, 3.63) is 35.2 Å². The third kappa shape index (κ3) is 5.64. The predicted octanol–water partition coefficient (Wildman–Crippen LogP) is 0.376. The Hall–Kier alpha value is -2.21. The van der Waals surface area contributed by atoms with Gasteiger partial charge in [0, 0.05) is 16.9 Å². The number of anilines is 1. The molecule has 0 fully saturated rings. The number of benzene rings is 1. The van der Waals surface area contributed by atoms with E-state index in [2.05, 4.69) is 5.32 Å². The van der Waals surface area contributed by atoms with E-state index >= 15 is 0 Å². The van der Waals surface area contributed by atoms with Crippen LogP contribution >= 0.6 is 11.3 Å². The van der Waals surface area contributed by atoms with Crippen molar-refractivity contribution in [3.8, 4) is 16.2 Å². The number of hydrogen-bond acceptors (Lipinski definition) is 8. The summed E-state index contributed by atoms with van der Waals surface area (Å²) in [5.41, 5.74) is 7.18. The van der Waals surface area contributed by atoms with Crippen molar-refractivity contribution >= 4 is 23.1 Å². The van der Waals surface area contributed by atoms with Crippen molar-refractivity contribution in [3.63, 3.8) is 0 Å². The number of carbonyl (C=O) groups is 1. The number of hydrogen-bond donors (Lipinski definition) is 7. The van der Waals surface area contributed by atoms with Crippen LogP contribution in [-0.2, 0) is 0 Å². The zero-order valence-corrected chi connectivity index (χ0v) is 16.0. The molecule has 0 aliphatic rings. The zero-order chi connectivity index (χ0) is 20.8. The van der Waals surface area contributed by atoms with Gasteiger partial charge in [0.2, 0.25) is 6.29 Å². The van der Waals surface area contributed by atoms with Crippen molar-refractivity contribution in [1.29, 1.82) is 0 Å². The van der Waals surface area contributed by atoms with Crippen LogP contribution < -0.4 is 15.8 Å². The molecule has 28 heavy (non-hydrogen) atoms. The molecule has 0 aliphatic carbocycles. The molecule has 10 heteroatoms. The molecule has 2 rings (SSSR count). The first-order valence-corrected chi connectivity index (χ1v) is 9.36. The lowest BCUT2D eigenvalue weighted by molar-refractivity contribution is -0.166. The SMILES string of the molecule is Cc1cc(-c2cc(NC(N)=O)cs2)ccc1OC(O)C(O)C(O)C(O)CCO. The summed E-state index contributed by atoms with van der Waals surface area (Å²) in [6.45, 7) is 1.37. The van der Waals surface area contributed by atoms with E-state index in [9.17, 15) is 25.2 Å². The summed E-state index contributed by atoms with van der Waals surface area (Å²) in [7, 11) is 0. The number of aliphatic hydroxyl groups excluding tert-OH is 5. The lowest BCUT2D eigenvalue weighted by Crippen LogP contribution is -2.47. The van der Waals surface area contributed by atoms with Crippen molar-refractivity contribution in [2.45, 2.75) is 37.9 Å². The van der Waals surface area contributed by atoms with Crippen LogP contribution in [-0.4, -0.2) is 62.8 Å². The minimum Gasteiger partial charge on any atom is -0.462 e. The van der Waals surface area contributed by atoms with Crippen LogP contribution in [0.15, 0.2) is 29.6 Å².